The topological polar surface area (TPSA) is 58.4 Å². The summed E-state index contributed by atoms with van der Waals surface area (Å²) < 4.78 is 1.69. The molecule has 106 valence electrons. The second kappa shape index (κ2) is 4.96. The van der Waals surface area contributed by atoms with Crippen molar-refractivity contribution in [2.45, 2.75) is 45.8 Å². The molecular weight excluding hydrogens is 242 g/mol. The fraction of sp³-hybridized carbons (Fsp3) is 0.714. The summed E-state index contributed by atoms with van der Waals surface area (Å²) in [4.78, 5) is 18.6. The Bertz CT molecular complexity index is 504. The number of β-amino-alcohol motifs (C(OH)–C–C–N with tert-alkyl or cyclic N) is 1. The lowest BCUT2D eigenvalue weighted by atomic mass is 9.96. The summed E-state index contributed by atoms with van der Waals surface area (Å²) in [5.74, 6) is 0.730. The van der Waals surface area contributed by atoms with Gasteiger partial charge in [0, 0.05) is 31.0 Å². The van der Waals surface area contributed by atoms with Crippen molar-refractivity contribution in [2.24, 2.45) is 5.92 Å². The first-order chi connectivity index (χ1) is 8.80. The highest BCUT2D eigenvalue weighted by Gasteiger charge is 2.27. The van der Waals surface area contributed by atoms with Crippen molar-refractivity contribution in [1.29, 1.82) is 0 Å². The molecule has 2 heterocycles. The van der Waals surface area contributed by atoms with Gasteiger partial charge in [-0.1, -0.05) is 6.92 Å². The Labute approximate surface area is 113 Å². The molecule has 1 aromatic heterocycles. The molecule has 0 spiro atoms. The second-order valence-corrected chi connectivity index (χ2v) is 6.38. The van der Waals surface area contributed by atoms with Gasteiger partial charge in [-0.15, -0.1) is 0 Å². The monoisotopic (exact) mass is 265 g/mol. The van der Waals surface area contributed by atoms with E-state index in [1.807, 2.05) is 32.6 Å². The minimum atomic E-state index is -0.391. The van der Waals surface area contributed by atoms with E-state index in [1.54, 1.807) is 17.0 Å². The van der Waals surface area contributed by atoms with Crippen molar-refractivity contribution in [3.8, 4) is 0 Å². The third-order valence-electron chi connectivity index (χ3n) is 3.76. The van der Waals surface area contributed by atoms with Crippen molar-refractivity contribution in [1.82, 2.24) is 9.55 Å². The molecule has 0 saturated carbocycles. The molecule has 1 aromatic rings. The van der Waals surface area contributed by atoms with E-state index in [4.69, 9.17) is 0 Å². The maximum absolute atomic E-state index is 12.5. The molecule has 0 bridgehead atoms. The largest absolute Gasteiger partial charge is 0.391 e. The Balaban J connectivity index is 2.34. The molecule has 0 radical (unpaired) electrons. The highest BCUT2D eigenvalue weighted by molar-refractivity contribution is 5.37. The van der Waals surface area contributed by atoms with E-state index in [0.29, 0.717) is 12.4 Å². The van der Waals surface area contributed by atoms with E-state index in [-0.39, 0.29) is 17.0 Å². The molecule has 1 aliphatic rings. The number of anilines is 1. The summed E-state index contributed by atoms with van der Waals surface area (Å²) in [6.07, 6.45) is 3.87. The van der Waals surface area contributed by atoms with Crippen LogP contribution in [0, 0.1) is 5.92 Å². The van der Waals surface area contributed by atoms with Crippen molar-refractivity contribution >= 4 is 5.82 Å². The van der Waals surface area contributed by atoms with Gasteiger partial charge in [0.2, 0.25) is 0 Å². The standard InChI is InChI=1S/C14H23N3O2/c1-10-5-7-16(9-11(10)18)12-13(19)17(8-6-15-12)14(2,3)4/h6,8,10-11,18H,5,7,9H2,1-4H3. The Morgan fingerprint density at radius 3 is 2.68 bits per heavy atom. The molecule has 2 unspecified atom stereocenters. The lowest BCUT2D eigenvalue weighted by molar-refractivity contribution is 0.102. The molecule has 1 N–H and O–H groups in total. The van der Waals surface area contributed by atoms with Crippen LogP contribution in [0.2, 0.25) is 0 Å². The maximum atomic E-state index is 12.5. The maximum Gasteiger partial charge on any atom is 0.293 e. The lowest BCUT2D eigenvalue weighted by Crippen LogP contribution is -2.47. The SMILES string of the molecule is CC1CCN(c2nccn(C(C)(C)C)c2=O)CC1O. The number of aliphatic hydroxyl groups is 1. The van der Waals surface area contributed by atoms with Crippen molar-refractivity contribution in [2.75, 3.05) is 18.0 Å². The molecular formula is C14H23N3O2. The van der Waals surface area contributed by atoms with Crippen molar-refractivity contribution in [3.63, 3.8) is 0 Å². The van der Waals surface area contributed by atoms with Gasteiger partial charge in [0.05, 0.1) is 6.10 Å². The molecule has 1 saturated heterocycles. The van der Waals surface area contributed by atoms with E-state index in [1.165, 1.54) is 0 Å². The Hall–Kier alpha value is -1.36. The molecule has 5 heteroatoms. The average Bonchev–Trinajstić information content (AvgIpc) is 2.32. The third kappa shape index (κ3) is 2.81. The summed E-state index contributed by atoms with van der Waals surface area (Å²) in [6.45, 7) is 9.27. The zero-order valence-electron chi connectivity index (χ0n) is 12.1. The molecule has 19 heavy (non-hydrogen) atoms. The van der Waals surface area contributed by atoms with Gasteiger partial charge in [0.1, 0.15) is 0 Å². The van der Waals surface area contributed by atoms with E-state index in [9.17, 15) is 9.90 Å². The quantitative estimate of drug-likeness (QED) is 0.829. The van der Waals surface area contributed by atoms with E-state index in [0.717, 1.165) is 13.0 Å². The Morgan fingerprint density at radius 1 is 1.42 bits per heavy atom. The summed E-state index contributed by atoms with van der Waals surface area (Å²) in [5, 5.41) is 9.95. The van der Waals surface area contributed by atoms with Crippen molar-refractivity contribution < 1.29 is 5.11 Å². The fourth-order valence-electron chi connectivity index (χ4n) is 2.39. The van der Waals surface area contributed by atoms with Gasteiger partial charge in [0.15, 0.2) is 5.82 Å². The normalized spacial score (nSPS) is 24.6. The molecule has 0 aliphatic carbocycles. The molecule has 0 amide bonds. The summed E-state index contributed by atoms with van der Waals surface area (Å²) in [7, 11) is 0. The van der Waals surface area contributed by atoms with Gasteiger partial charge in [-0.25, -0.2) is 4.98 Å². The van der Waals surface area contributed by atoms with E-state index in [2.05, 4.69) is 4.98 Å². The van der Waals surface area contributed by atoms with Gasteiger partial charge >= 0.3 is 0 Å². The number of hydrogen-bond acceptors (Lipinski definition) is 4. The molecule has 0 aromatic carbocycles. The Morgan fingerprint density at radius 2 is 2.11 bits per heavy atom. The molecule has 5 nitrogen and oxygen atoms in total. The van der Waals surface area contributed by atoms with Crippen LogP contribution in [0.1, 0.15) is 34.1 Å². The summed E-state index contributed by atoms with van der Waals surface area (Å²) in [5.41, 5.74) is -0.354. The van der Waals surface area contributed by atoms with Gasteiger partial charge in [-0.05, 0) is 33.1 Å². The van der Waals surface area contributed by atoms with Crippen LogP contribution in [0.25, 0.3) is 0 Å². The number of hydrogen-bond donors (Lipinski definition) is 1. The fourth-order valence-corrected chi connectivity index (χ4v) is 2.39. The van der Waals surface area contributed by atoms with E-state index < -0.39 is 6.10 Å². The Kier molecular flexibility index (Phi) is 3.67. The number of rotatable bonds is 1. The smallest absolute Gasteiger partial charge is 0.293 e. The van der Waals surface area contributed by atoms with Crippen LogP contribution in [0.15, 0.2) is 17.2 Å². The minimum absolute atomic E-state index is 0.0863. The van der Waals surface area contributed by atoms with Crippen LogP contribution in [0.4, 0.5) is 5.82 Å². The highest BCUT2D eigenvalue weighted by Crippen LogP contribution is 2.20. The number of aromatic nitrogens is 2. The van der Waals surface area contributed by atoms with Crippen LogP contribution in [-0.4, -0.2) is 33.9 Å². The first-order valence-corrected chi connectivity index (χ1v) is 6.82. The van der Waals surface area contributed by atoms with Gasteiger partial charge < -0.3 is 14.6 Å². The van der Waals surface area contributed by atoms with Crippen LogP contribution in [-0.2, 0) is 5.54 Å². The van der Waals surface area contributed by atoms with Gasteiger partial charge in [-0.2, -0.15) is 0 Å². The summed E-state index contributed by atoms with van der Waals surface area (Å²) in [6, 6.07) is 0. The molecule has 1 aliphatic heterocycles. The van der Waals surface area contributed by atoms with Gasteiger partial charge in [0.25, 0.3) is 5.56 Å². The van der Waals surface area contributed by atoms with E-state index >= 15 is 0 Å². The number of aliphatic hydroxyl groups excluding tert-OH is 1. The minimum Gasteiger partial charge on any atom is -0.391 e. The lowest BCUT2D eigenvalue weighted by Gasteiger charge is -2.35. The van der Waals surface area contributed by atoms with Crippen LogP contribution in [0.3, 0.4) is 0 Å². The third-order valence-corrected chi connectivity index (χ3v) is 3.76. The van der Waals surface area contributed by atoms with Crippen LogP contribution < -0.4 is 10.5 Å². The van der Waals surface area contributed by atoms with Gasteiger partial charge in [-0.3, -0.25) is 4.79 Å². The first kappa shape index (κ1) is 14.1. The predicted molar refractivity (Wildman–Crippen MR) is 75.5 cm³/mol. The van der Waals surface area contributed by atoms with Crippen molar-refractivity contribution in [3.05, 3.63) is 22.7 Å². The second-order valence-electron chi connectivity index (χ2n) is 6.38. The van der Waals surface area contributed by atoms with Crippen LogP contribution in [0.5, 0.6) is 0 Å². The predicted octanol–water partition coefficient (Wildman–Crippen LogP) is 1.21. The first-order valence-electron chi connectivity index (χ1n) is 6.82. The molecule has 2 rings (SSSR count). The zero-order valence-corrected chi connectivity index (χ0v) is 12.1. The highest BCUT2D eigenvalue weighted by atomic mass is 16.3. The average molecular weight is 265 g/mol. The van der Waals surface area contributed by atoms with Crippen LogP contribution >= 0.6 is 0 Å². The molecule has 2 atom stereocenters. The number of nitrogens with zero attached hydrogens (tertiary/aromatic N) is 3. The molecule has 1 fully saturated rings. The summed E-state index contributed by atoms with van der Waals surface area (Å²) >= 11 is 0. The zero-order chi connectivity index (χ0) is 14.2. The number of piperidine rings is 1.